The molecule has 1 aliphatic rings. The molecule has 0 amide bonds. The van der Waals surface area contributed by atoms with Gasteiger partial charge in [0, 0.05) is 30.9 Å². The van der Waals surface area contributed by atoms with Gasteiger partial charge < -0.3 is 9.52 Å². The summed E-state index contributed by atoms with van der Waals surface area (Å²) in [4.78, 5) is 10.3. The first-order chi connectivity index (χ1) is 8.46. The van der Waals surface area contributed by atoms with Gasteiger partial charge in [0.1, 0.15) is 0 Å². The van der Waals surface area contributed by atoms with E-state index in [2.05, 4.69) is 10.2 Å². The zero-order chi connectivity index (χ0) is 13.2. The Kier molecular flexibility index (Phi) is 3.40. The van der Waals surface area contributed by atoms with Gasteiger partial charge in [-0.3, -0.25) is 0 Å². The smallest absolute Gasteiger partial charge is 0.328 e. The van der Waals surface area contributed by atoms with Crippen molar-refractivity contribution in [2.24, 2.45) is 0 Å². The van der Waals surface area contributed by atoms with Crippen molar-refractivity contribution in [2.75, 3.05) is 0 Å². The van der Waals surface area contributed by atoms with E-state index in [1.165, 1.54) is 6.08 Å². The maximum atomic E-state index is 13.0. The fourth-order valence-electron chi connectivity index (χ4n) is 1.91. The summed E-state index contributed by atoms with van der Waals surface area (Å²) >= 11 is 0. The molecule has 0 atom stereocenters. The second kappa shape index (κ2) is 4.83. The van der Waals surface area contributed by atoms with Gasteiger partial charge in [0.05, 0.1) is 0 Å². The summed E-state index contributed by atoms with van der Waals surface area (Å²) in [5.74, 6) is -3.50. The minimum atomic E-state index is -2.59. The molecule has 98 valence electrons. The quantitative estimate of drug-likeness (QED) is 0.843. The average Bonchev–Trinajstić information content (AvgIpc) is 2.75. The first kappa shape index (κ1) is 12.7. The van der Waals surface area contributed by atoms with Crippen molar-refractivity contribution >= 4 is 12.0 Å². The Morgan fingerprint density at radius 3 is 2.67 bits per heavy atom. The predicted molar refractivity (Wildman–Crippen MR) is 57.1 cm³/mol. The number of aromatic nitrogens is 2. The molecule has 0 spiro atoms. The molecule has 0 aromatic carbocycles. The van der Waals surface area contributed by atoms with Gasteiger partial charge in [-0.15, -0.1) is 10.2 Å². The van der Waals surface area contributed by atoms with E-state index in [9.17, 15) is 13.6 Å². The molecule has 0 aliphatic heterocycles. The minimum absolute atomic E-state index is 0.0738. The molecule has 1 fully saturated rings. The Morgan fingerprint density at radius 2 is 2.06 bits per heavy atom. The van der Waals surface area contributed by atoms with Crippen LogP contribution in [0.3, 0.4) is 0 Å². The topological polar surface area (TPSA) is 76.2 Å². The van der Waals surface area contributed by atoms with E-state index in [4.69, 9.17) is 9.52 Å². The SMILES string of the molecule is O=C(O)/C=C/c1nnc(C2CCC(F)(F)CC2)o1. The van der Waals surface area contributed by atoms with Crippen molar-refractivity contribution in [1.82, 2.24) is 10.2 Å². The Bertz CT molecular complexity index is 461. The molecule has 0 unspecified atom stereocenters. The number of rotatable bonds is 3. The van der Waals surface area contributed by atoms with Gasteiger partial charge >= 0.3 is 5.97 Å². The normalized spacial score (nSPS) is 20.3. The summed E-state index contributed by atoms with van der Waals surface area (Å²) in [6, 6.07) is 0. The van der Waals surface area contributed by atoms with Crippen LogP contribution in [0.4, 0.5) is 8.78 Å². The molecule has 1 aliphatic carbocycles. The summed E-state index contributed by atoms with van der Waals surface area (Å²) in [6.45, 7) is 0. The number of carboxylic acids is 1. The summed E-state index contributed by atoms with van der Waals surface area (Å²) in [6.07, 6.45) is 2.30. The molecule has 1 heterocycles. The molecule has 0 saturated heterocycles. The first-order valence-electron chi connectivity index (χ1n) is 5.58. The summed E-state index contributed by atoms with van der Waals surface area (Å²) in [7, 11) is 0. The minimum Gasteiger partial charge on any atom is -0.478 e. The molecule has 1 aromatic heterocycles. The number of nitrogens with zero attached hydrogens (tertiary/aromatic N) is 2. The molecule has 1 saturated carbocycles. The molecule has 0 bridgehead atoms. The highest BCUT2D eigenvalue weighted by atomic mass is 19.3. The van der Waals surface area contributed by atoms with Gasteiger partial charge in [-0.05, 0) is 12.8 Å². The number of hydrogen-bond acceptors (Lipinski definition) is 4. The van der Waals surface area contributed by atoms with Crippen LogP contribution in [0.2, 0.25) is 0 Å². The van der Waals surface area contributed by atoms with Crippen molar-refractivity contribution in [1.29, 1.82) is 0 Å². The number of alkyl halides is 2. The van der Waals surface area contributed by atoms with E-state index in [1.54, 1.807) is 0 Å². The first-order valence-corrected chi connectivity index (χ1v) is 5.58. The summed E-state index contributed by atoms with van der Waals surface area (Å²) in [5.41, 5.74) is 0. The standard InChI is InChI=1S/C11H12F2N2O3/c12-11(13)5-3-7(4-6-11)10-15-14-8(18-10)1-2-9(16)17/h1-2,7H,3-6H2,(H,16,17)/b2-1+. The Labute approximate surface area is 102 Å². The fourth-order valence-corrected chi connectivity index (χ4v) is 1.91. The predicted octanol–water partition coefficient (Wildman–Crippen LogP) is 2.46. The number of carboxylic acid groups (broad SMARTS) is 1. The second-order valence-corrected chi connectivity index (χ2v) is 4.28. The average molecular weight is 258 g/mol. The van der Waals surface area contributed by atoms with Crippen LogP contribution < -0.4 is 0 Å². The van der Waals surface area contributed by atoms with Crippen LogP contribution in [0.1, 0.15) is 43.4 Å². The lowest BCUT2D eigenvalue weighted by atomic mass is 9.87. The second-order valence-electron chi connectivity index (χ2n) is 4.28. The van der Waals surface area contributed by atoms with Gasteiger partial charge in [-0.2, -0.15) is 0 Å². The molecular weight excluding hydrogens is 246 g/mol. The zero-order valence-electron chi connectivity index (χ0n) is 9.47. The summed E-state index contributed by atoms with van der Waals surface area (Å²) in [5, 5.41) is 15.8. The fraction of sp³-hybridized carbons (Fsp3) is 0.545. The number of halogens is 2. The van der Waals surface area contributed by atoms with Crippen LogP contribution in [0.5, 0.6) is 0 Å². The van der Waals surface area contributed by atoms with Crippen molar-refractivity contribution in [3.63, 3.8) is 0 Å². The Balaban J connectivity index is 2.00. The third-order valence-corrected chi connectivity index (χ3v) is 2.89. The highest BCUT2D eigenvalue weighted by Crippen LogP contribution is 2.40. The van der Waals surface area contributed by atoms with Crippen molar-refractivity contribution in [3.05, 3.63) is 17.9 Å². The van der Waals surface area contributed by atoms with Crippen LogP contribution in [-0.2, 0) is 4.79 Å². The molecule has 1 aromatic rings. The van der Waals surface area contributed by atoms with Gasteiger partial charge in [-0.1, -0.05) is 0 Å². The number of carbonyl (C=O) groups is 1. The van der Waals surface area contributed by atoms with Crippen LogP contribution in [0, 0.1) is 0 Å². The Hall–Kier alpha value is -1.79. The lowest BCUT2D eigenvalue weighted by Crippen LogP contribution is -2.23. The molecule has 0 radical (unpaired) electrons. The lowest BCUT2D eigenvalue weighted by molar-refractivity contribution is -0.131. The summed E-state index contributed by atoms with van der Waals surface area (Å²) < 4.78 is 31.2. The van der Waals surface area contributed by atoms with E-state index in [1.807, 2.05) is 0 Å². The lowest BCUT2D eigenvalue weighted by Gasteiger charge is -2.25. The number of aliphatic carboxylic acids is 1. The monoisotopic (exact) mass is 258 g/mol. The van der Waals surface area contributed by atoms with Gasteiger partial charge in [0.2, 0.25) is 17.7 Å². The van der Waals surface area contributed by atoms with E-state index in [0.717, 1.165) is 6.08 Å². The van der Waals surface area contributed by atoms with Gasteiger partial charge in [0.25, 0.3) is 0 Å². The highest BCUT2D eigenvalue weighted by Gasteiger charge is 2.37. The van der Waals surface area contributed by atoms with Crippen molar-refractivity contribution < 1.29 is 23.1 Å². The largest absolute Gasteiger partial charge is 0.478 e. The molecule has 1 N–H and O–H groups in total. The third-order valence-electron chi connectivity index (χ3n) is 2.89. The maximum Gasteiger partial charge on any atom is 0.328 e. The molecule has 2 rings (SSSR count). The van der Waals surface area contributed by atoms with E-state index < -0.39 is 11.9 Å². The van der Waals surface area contributed by atoms with Crippen molar-refractivity contribution in [2.45, 2.75) is 37.5 Å². The van der Waals surface area contributed by atoms with Gasteiger partial charge in [-0.25, -0.2) is 13.6 Å². The van der Waals surface area contributed by atoms with Crippen LogP contribution in [0.25, 0.3) is 6.08 Å². The van der Waals surface area contributed by atoms with E-state index >= 15 is 0 Å². The Morgan fingerprint density at radius 1 is 1.39 bits per heavy atom. The van der Waals surface area contributed by atoms with Crippen LogP contribution in [-0.4, -0.2) is 27.2 Å². The van der Waals surface area contributed by atoms with Crippen LogP contribution in [0.15, 0.2) is 10.5 Å². The van der Waals surface area contributed by atoms with E-state index in [0.29, 0.717) is 18.7 Å². The van der Waals surface area contributed by atoms with E-state index in [-0.39, 0.29) is 24.7 Å². The molecule has 5 nitrogen and oxygen atoms in total. The molecule has 18 heavy (non-hydrogen) atoms. The molecular formula is C11H12F2N2O3. The third kappa shape index (κ3) is 3.12. The van der Waals surface area contributed by atoms with Crippen molar-refractivity contribution in [3.8, 4) is 0 Å². The van der Waals surface area contributed by atoms with Gasteiger partial charge in [0.15, 0.2) is 0 Å². The molecule has 7 heteroatoms. The number of hydrogen-bond donors (Lipinski definition) is 1. The highest BCUT2D eigenvalue weighted by molar-refractivity contribution is 5.84. The zero-order valence-corrected chi connectivity index (χ0v) is 9.47. The maximum absolute atomic E-state index is 13.0. The van der Waals surface area contributed by atoms with Crippen LogP contribution >= 0.6 is 0 Å².